The van der Waals surface area contributed by atoms with E-state index in [0.29, 0.717) is 19.0 Å². The lowest BCUT2D eigenvalue weighted by Crippen LogP contribution is -2.49. The Bertz CT molecular complexity index is 512. The molecule has 1 saturated heterocycles. The van der Waals surface area contributed by atoms with E-state index in [2.05, 4.69) is 10.3 Å². The SMILES string of the molecule is CC(C)(C)OC(=O)/N=C(\NC(=O)OC(C)(C)C)N1CCC(CCO)CC1. The van der Waals surface area contributed by atoms with Gasteiger partial charge in [-0.25, -0.2) is 9.59 Å². The number of hydrogen-bond acceptors (Lipinski definition) is 5. The number of ether oxygens (including phenoxy) is 2. The molecule has 0 radical (unpaired) electrons. The standard InChI is InChI=1S/C18H33N3O5/c1-17(2,3)25-15(23)19-14(20-16(24)26-18(4,5)6)21-10-7-13(8-11-21)9-12-22/h13,22H,7-12H2,1-6H3,(H,19,20,23,24). The number of guanidine groups is 1. The molecule has 0 spiro atoms. The van der Waals surface area contributed by atoms with E-state index in [1.54, 1.807) is 41.5 Å². The predicted octanol–water partition coefficient (Wildman–Crippen LogP) is 2.90. The summed E-state index contributed by atoms with van der Waals surface area (Å²) in [5, 5.41) is 11.6. The number of carbonyl (C=O) groups is 2. The molecule has 0 saturated carbocycles. The Morgan fingerprint density at radius 2 is 1.62 bits per heavy atom. The van der Waals surface area contributed by atoms with E-state index in [4.69, 9.17) is 14.6 Å². The van der Waals surface area contributed by atoms with Crippen molar-refractivity contribution < 1.29 is 24.2 Å². The molecule has 0 unspecified atom stereocenters. The molecule has 0 bridgehead atoms. The smallest absolute Gasteiger partial charge is 0.437 e. The zero-order valence-corrected chi connectivity index (χ0v) is 16.8. The second-order valence-electron chi connectivity index (χ2n) is 8.49. The van der Waals surface area contributed by atoms with Crippen LogP contribution in [0.1, 0.15) is 60.8 Å². The molecule has 150 valence electrons. The van der Waals surface area contributed by atoms with Gasteiger partial charge in [0.05, 0.1) is 0 Å². The summed E-state index contributed by atoms with van der Waals surface area (Å²) in [5.41, 5.74) is -1.33. The molecule has 1 rings (SSSR count). The van der Waals surface area contributed by atoms with Crippen molar-refractivity contribution in [3.63, 3.8) is 0 Å². The number of aliphatic imine (C=N–C) groups is 1. The molecule has 0 aromatic heterocycles. The van der Waals surface area contributed by atoms with Crippen LogP contribution in [-0.2, 0) is 9.47 Å². The van der Waals surface area contributed by atoms with Gasteiger partial charge in [0.15, 0.2) is 0 Å². The minimum atomic E-state index is -0.763. The van der Waals surface area contributed by atoms with Crippen molar-refractivity contribution >= 4 is 18.1 Å². The van der Waals surface area contributed by atoms with Crippen molar-refractivity contribution in [2.24, 2.45) is 10.9 Å². The highest BCUT2D eigenvalue weighted by molar-refractivity contribution is 5.98. The van der Waals surface area contributed by atoms with E-state index in [0.717, 1.165) is 19.3 Å². The number of piperidine rings is 1. The first-order chi connectivity index (χ1) is 11.9. The number of likely N-dealkylation sites (tertiary alicyclic amines) is 1. The maximum Gasteiger partial charge on any atom is 0.437 e. The van der Waals surface area contributed by atoms with E-state index in [9.17, 15) is 9.59 Å². The predicted molar refractivity (Wildman–Crippen MR) is 99.0 cm³/mol. The third-order valence-corrected chi connectivity index (χ3v) is 3.65. The largest absolute Gasteiger partial charge is 0.444 e. The number of aliphatic hydroxyl groups excluding tert-OH is 1. The second-order valence-corrected chi connectivity index (χ2v) is 8.49. The molecule has 0 aromatic carbocycles. The lowest BCUT2D eigenvalue weighted by atomic mass is 9.94. The topological polar surface area (TPSA) is 100 Å². The number of amides is 2. The lowest BCUT2D eigenvalue weighted by Gasteiger charge is -2.34. The number of nitrogens with one attached hydrogen (secondary N) is 1. The Kier molecular flexibility index (Phi) is 7.87. The van der Waals surface area contributed by atoms with Gasteiger partial charge < -0.3 is 19.5 Å². The Hall–Kier alpha value is -1.83. The molecule has 2 amide bonds. The van der Waals surface area contributed by atoms with Crippen molar-refractivity contribution in [2.45, 2.75) is 72.0 Å². The van der Waals surface area contributed by atoms with Gasteiger partial charge in [0.2, 0.25) is 5.96 Å². The van der Waals surface area contributed by atoms with Crippen molar-refractivity contribution in [1.82, 2.24) is 10.2 Å². The highest BCUT2D eigenvalue weighted by atomic mass is 16.6. The summed E-state index contributed by atoms with van der Waals surface area (Å²) in [6.07, 6.45) is 1.03. The number of rotatable bonds is 2. The van der Waals surface area contributed by atoms with Crippen LogP contribution in [-0.4, -0.2) is 59.1 Å². The Morgan fingerprint density at radius 3 is 2.08 bits per heavy atom. The van der Waals surface area contributed by atoms with Gasteiger partial charge in [-0.3, -0.25) is 5.32 Å². The molecular weight excluding hydrogens is 338 g/mol. The maximum atomic E-state index is 12.1. The highest BCUT2D eigenvalue weighted by Crippen LogP contribution is 2.20. The van der Waals surface area contributed by atoms with Crippen LogP contribution in [0.5, 0.6) is 0 Å². The zero-order valence-electron chi connectivity index (χ0n) is 16.8. The molecule has 0 aliphatic carbocycles. The molecule has 0 aromatic rings. The molecular formula is C18H33N3O5. The van der Waals surface area contributed by atoms with Crippen LogP contribution in [0.25, 0.3) is 0 Å². The van der Waals surface area contributed by atoms with Crippen LogP contribution >= 0.6 is 0 Å². The van der Waals surface area contributed by atoms with E-state index >= 15 is 0 Å². The first kappa shape index (κ1) is 22.2. The first-order valence-corrected chi connectivity index (χ1v) is 9.07. The van der Waals surface area contributed by atoms with Crippen molar-refractivity contribution in [3.05, 3.63) is 0 Å². The summed E-state index contributed by atoms with van der Waals surface area (Å²) in [4.78, 5) is 30.0. The van der Waals surface area contributed by atoms with Crippen LogP contribution in [0, 0.1) is 5.92 Å². The van der Waals surface area contributed by atoms with Crippen molar-refractivity contribution in [2.75, 3.05) is 19.7 Å². The summed E-state index contributed by atoms with van der Waals surface area (Å²) >= 11 is 0. The average molecular weight is 371 g/mol. The fraction of sp³-hybridized carbons (Fsp3) is 0.833. The van der Waals surface area contributed by atoms with Gasteiger partial charge >= 0.3 is 12.2 Å². The van der Waals surface area contributed by atoms with Gasteiger partial charge in [0, 0.05) is 19.7 Å². The Morgan fingerprint density at radius 1 is 1.08 bits per heavy atom. The number of aliphatic hydroxyl groups is 1. The molecule has 8 heteroatoms. The quantitative estimate of drug-likeness (QED) is 0.572. The van der Waals surface area contributed by atoms with Crippen LogP contribution in [0.2, 0.25) is 0 Å². The molecule has 0 atom stereocenters. The van der Waals surface area contributed by atoms with Gasteiger partial charge in [-0.2, -0.15) is 0 Å². The number of nitrogens with zero attached hydrogens (tertiary/aromatic N) is 2. The van der Waals surface area contributed by atoms with Gasteiger partial charge in [-0.1, -0.05) is 0 Å². The molecule has 1 fully saturated rings. The molecule has 8 nitrogen and oxygen atoms in total. The van der Waals surface area contributed by atoms with E-state index in [1.165, 1.54) is 0 Å². The molecule has 26 heavy (non-hydrogen) atoms. The van der Waals surface area contributed by atoms with E-state index in [-0.39, 0.29) is 12.6 Å². The maximum absolute atomic E-state index is 12.1. The summed E-state index contributed by atoms with van der Waals surface area (Å²) < 4.78 is 10.5. The number of hydrogen-bond donors (Lipinski definition) is 2. The summed E-state index contributed by atoms with van der Waals surface area (Å²) in [5.74, 6) is 0.566. The van der Waals surface area contributed by atoms with E-state index < -0.39 is 23.4 Å². The molecule has 1 aliphatic heterocycles. The van der Waals surface area contributed by atoms with Crippen LogP contribution < -0.4 is 5.32 Å². The molecule has 1 aliphatic rings. The van der Waals surface area contributed by atoms with Gasteiger partial charge in [-0.05, 0) is 66.7 Å². The summed E-state index contributed by atoms with van der Waals surface area (Å²) in [6.45, 7) is 12.0. The number of alkyl carbamates (subject to hydrolysis) is 1. The van der Waals surface area contributed by atoms with Crippen LogP contribution in [0.4, 0.5) is 9.59 Å². The van der Waals surface area contributed by atoms with E-state index in [1.807, 2.05) is 4.90 Å². The third kappa shape index (κ3) is 9.03. The van der Waals surface area contributed by atoms with Crippen LogP contribution in [0.3, 0.4) is 0 Å². The monoisotopic (exact) mass is 371 g/mol. The average Bonchev–Trinajstić information content (AvgIpc) is 2.43. The Labute approximate surface area is 155 Å². The fourth-order valence-corrected chi connectivity index (χ4v) is 2.56. The number of carbonyl (C=O) groups excluding carboxylic acids is 2. The van der Waals surface area contributed by atoms with Gasteiger partial charge in [0.25, 0.3) is 0 Å². The fourth-order valence-electron chi connectivity index (χ4n) is 2.56. The summed E-state index contributed by atoms with van der Waals surface area (Å²) in [7, 11) is 0. The molecule has 2 N–H and O–H groups in total. The van der Waals surface area contributed by atoms with Crippen molar-refractivity contribution in [3.8, 4) is 0 Å². The minimum Gasteiger partial charge on any atom is -0.444 e. The van der Waals surface area contributed by atoms with Gasteiger partial charge in [-0.15, -0.1) is 4.99 Å². The Balaban J connectivity index is 2.85. The summed E-state index contributed by atoms with van der Waals surface area (Å²) in [6, 6.07) is 0. The van der Waals surface area contributed by atoms with Crippen LogP contribution in [0.15, 0.2) is 4.99 Å². The minimum absolute atomic E-state index is 0.135. The van der Waals surface area contributed by atoms with Crippen molar-refractivity contribution in [1.29, 1.82) is 0 Å². The lowest BCUT2D eigenvalue weighted by molar-refractivity contribution is 0.0552. The normalized spacial score (nSPS) is 17.0. The second kappa shape index (κ2) is 9.21. The molecule has 1 heterocycles. The van der Waals surface area contributed by atoms with Gasteiger partial charge in [0.1, 0.15) is 11.2 Å². The first-order valence-electron chi connectivity index (χ1n) is 9.07. The third-order valence-electron chi connectivity index (χ3n) is 3.65. The highest BCUT2D eigenvalue weighted by Gasteiger charge is 2.26. The zero-order chi connectivity index (χ0) is 20.0.